The Morgan fingerprint density at radius 1 is 1.13 bits per heavy atom. The van der Waals surface area contributed by atoms with Gasteiger partial charge in [-0.1, -0.05) is 42.6 Å². The van der Waals surface area contributed by atoms with Gasteiger partial charge in [0.15, 0.2) is 0 Å². The van der Waals surface area contributed by atoms with E-state index < -0.39 is 16.0 Å². The van der Waals surface area contributed by atoms with Gasteiger partial charge < -0.3 is 10.4 Å². The molecule has 2 N–H and O–H groups in total. The number of halogens is 1. The molecule has 30 heavy (non-hydrogen) atoms. The molecule has 1 heterocycles. The summed E-state index contributed by atoms with van der Waals surface area (Å²) in [6.07, 6.45) is 3.50. The molecule has 0 amide bonds. The van der Waals surface area contributed by atoms with E-state index in [9.17, 15) is 13.2 Å². The highest BCUT2D eigenvalue weighted by Crippen LogP contribution is 2.41. The molecule has 0 bridgehead atoms. The van der Waals surface area contributed by atoms with Crippen molar-refractivity contribution in [2.24, 2.45) is 0 Å². The van der Waals surface area contributed by atoms with Crippen LogP contribution in [0.25, 0.3) is 0 Å². The third-order valence-electron chi connectivity index (χ3n) is 5.49. The standard InChI is InChI=1S/C22H27ClN2O4S/c1-15-13-20-17(14-18(15)23)22(24-12-8-4-3-5-11-21(26)27)16-9-6-7-10-19(16)25(2)30(20,28)29/h6-7,9-10,13-14,22,24H,3-5,8,11-12H2,1-2H3,(H,26,27). The topological polar surface area (TPSA) is 86.7 Å². The lowest BCUT2D eigenvalue weighted by Gasteiger charge is -2.22. The smallest absolute Gasteiger partial charge is 0.303 e. The molecule has 0 aliphatic carbocycles. The number of nitrogens with one attached hydrogen (secondary N) is 1. The van der Waals surface area contributed by atoms with Crippen LogP contribution in [0.4, 0.5) is 5.69 Å². The van der Waals surface area contributed by atoms with E-state index in [1.807, 2.05) is 24.3 Å². The summed E-state index contributed by atoms with van der Waals surface area (Å²) in [5.74, 6) is -0.766. The highest BCUT2D eigenvalue weighted by molar-refractivity contribution is 7.92. The SMILES string of the molecule is Cc1cc2c(cc1Cl)C(NCCCCCCC(=O)O)c1ccccc1N(C)S2(=O)=O. The highest BCUT2D eigenvalue weighted by atomic mass is 35.5. The molecule has 162 valence electrons. The number of benzene rings is 2. The van der Waals surface area contributed by atoms with E-state index in [4.69, 9.17) is 16.7 Å². The molecule has 1 aliphatic rings. The zero-order chi connectivity index (χ0) is 21.9. The van der Waals surface area contributed by atoms with Gasteiger partial charge in [-0.2, -0.15) is 0 Å². The minimum Gasteiger partial charge on any atom is -0.481 e. The second kappa shape index (κ2) is 9.37. The molecule has 0 fully saturated rings. The van der Waals surface area contributed by atoms with Crippen molar-refractivity contribution in [3.05, 3.63) is 58.1 Å². The molecular weight excluding hydrogens is 424 g/mol. The number of carboxylic acids is 1. The normalized spacial score (nSPS) is 17.2. The van der Waals surface area contributed by atoms with Crippen molar-refractivity contribution in [2.45, 2.75) is 50.0 Å². The van der Waals surface area contributed by atoms with E-state index in [0.29, 0.717) is 29.2 Å². The maximum atomic E-state index is 13.3. The van der Waals surface area contributed by atoms with Crippen LogP contribution in [0.5, 0.6) is 0 Å². The molecule has 0 aromatic heterocycles. The number of unbranched alkanes of at least 4 members (excludes halogenated alkanes) is 3. The molecule has 1 aliphatic heterocycles. The number of rotatable bonds is 8. The second-order valence-corrected chi connectivity index (χ2v) is 9.96. The zero-order valence-electron chi connectivity index (χ0n) is 17.2. The number of fused-ring (bicyclic) bond motifs is 2. The number of carbonyl (C=O) groups is 1. The number of anilines is 1. The highest BCUT2D eigenvalue weighted by Gasteiger charge is 2.35. The van der Waals surface area contributed by atoms with E-state index >= 15 is 0 Å². The number of para-hydroxylation sites is 1. The van der Waals surface area contributed by atoms with Crippen LogP contribution in [-0.4, -0.2) is 33.1 Å². The molecule has 2 aromatic rings. The Morgan fingerprint density at radius 2 is 1.83 bits per heavy atom. The average Bonchev–Trinajstić information content (AvgIpc) is 2.76. The second-order valence-electron chi connectivity index (χ2n) is 7.62. The Labute approximate surface area is 182 Å². The fourth-order valence-corrected chi connectivity index (χ4v) is 5.50. The van der Waals surface area contributed by atoms with Gasteiger partial charge in [0, 0.05) is 18.5 Å². The van der Waals surface area contributed by atoms with Crippen molar-refractivity contribution in [1.82, 2.24) is 5.32 Å². The van der Waals surface area contributed by atoms with Gasteiger partial charge in [-0.05, 0) is 61.2 Å². The van der Waals surface area contributed by atoms with E-state index in [-0.39, 0.29) is 17.4 Å². The summed E-state index contributed by atoms with van der Waals surface area (Å²) in [6.45, 7) is 2.48. The van der Waals surface area contributed by atoms with Crippen molar-refractivity contribution >= 4 is 33.3 Å². The molecule has 3 rings (SSSR count). The van der Waals surface area contributed by atoms with E-state index in [2.05, 4.69) is 5.32 Å². The van der Waals surface area contributed by atoms with Crippen molar-refractivity contribution in [3.63, 3.8) is 0 Å². The minimum absolute atomic E-state index is 0.193. The Kier molecular flexibility index (Phi) is 7.06. The Bertz CT molecular complexity index is 1040. The lowest BCUT2D eigenvalue weighted by atomic mass is 9.96. The molecule has 0 saturated carbocycles. The van der Waals surface area contributed by atoms with Gasteiger partial charge in [0.2, 0.25) is 0 Å². The lowest BCUT2D eigenvalue weighted by Crippen LogP contribution is -2.26. The summed E-state index contributed by atoms with van der Waals surface area (Å²) in [5.41, 5.74) is 2.89. The predicted octanol–water partition coefficient (Wildman–Crippen LogP) is 4.50. The number of sulfonamides is 1. The third-order valence-corrected chi connectivity index (χ3v) is 7.73. The molecule has 2 aromatic carbocycles. The number of hydrogen-bond acceptors (Lipinski definition) is 4. The van der Waals surface area contributed by atoms with Crippen LogP contribution in [0, 0.1) is 6.92 Å². The van der Waals surface area contributed by atoms with Crippen LogP contribution >= 0.6 is 11.6 Å². The number of aliphatic carboxylic acids is 1. The van der Waals surface area contributed by atoms with Crippen molar-refractivity contribution < 1.29 is 18.3 Å². The minimum atomic E-state index is -3.71. The van der Waals surface area contributed by atoms with Gasteiger partial charge in [0.25, 0.3) is 10.0 Å². The van der Waals surface area contributed by atoms with Crippen LogP contribution in [-0.2, 0) is 14.8 Å². The maximum Gasteiger partial charge on any atom is 0.303 e. The van der Waals surface area contributed by atoms with E-state index in [0.717, 1.165) is 30.4 Å². The molecule has 8 heteroatoms. The number of carboxylic acid groups (broad SMARTS) is 1. The summed E-state index contributed by atoms with van der Waals surface area (Å²) < 4.78 is 27.9. The summed E-state index contributed by atoms with van der Waals surface area (Å²) in [6, 6.07) is 10.6. The third kappa shape index (κ3) is 4.63. The molecule has 1 atom stereocenters. The number of aryl methyl sites for hydroxylation is 1. The summed E-state index contributed by atoms with van der Waals surface area (Å²) in [7, 11) is -2.14. The van der Waals surface area contributed by atoms with Gasteiger partial charge in [-0.3, -0.25) is 9.10 Å². The van der Waals surface area contributed by atoms with E-state index in [1.54, 1.807) is 26.1 Å². The predicted molar refractivity (Wildman–Crippen MR) is 119 cm³/mol. The van der Waals surface area contributed by atoms with Gasteiger partial charge >= 0.3 is 5.97 Å². The zero-order valence-corrected chi connectivity index (χ0v) is 18.8. The first kappa shape index (κ1) is 22.6. The van der Waals surface area contributed by atoms with Crippen molar-refractivity contribution in [1.29, 1.82) is 0 Å². The monoisotopic (exact) mass is 450 g/mol. The molecule has 6 nitrogen and oxygen atoms in total. The fraction of sp³-hybridized carbons (Fsp3) is 0.409. The summed E-state index contributed by atoms with van der Waals surface area (Å²) >= 11 is 6.38. The first-order valence-corrected chi connectivity index (χ1v) is 11.9. The average molecular weight is 451 g/mol. The first-order chi connectivity index (χ1) is 14.2. The molecule has 0 spiro atoms. The number of nitrogens with zero attached hydrogens (tertiary/aromatic N) is 1. The maximum absolute atomic E-state index is 13.3. The Hall–Kier alpha value is -2.09. The summed E-state index contributed by atoms with van der Waals surface area (Å²) in [4.78, 5) is 10.9. The van der Waals surface area contributed by atoms with Crippen LogP contribution < -0.4 is 9.62 Å². The van der Waals surface area contributed by atoms with Gasteiger partial charge in [0.05, 0.1) is 16.6 Å². The van der Waals surface area contributed by atoms with Crippen LogP contribution in [0.2, 0.25) is 5.02 Å². The lowest BCUT2D eigenvalue weighted by molar-refractivity contribution is -0.137. The molecule has 0 radical (unpaired) electrons. The van der Waals surface area contributed by atoms with Gasteiger partial charge in [0.1, 0.15) is 0 Å². The van der Waals surface area contributed by atoms with Crippen LogP contribution in [0.1, 0.15) is 54.8 Å². The Balaban J connectivity index is 1.90. The van der Waals surface area contributed by atoms with Crippen LogP contribution in [0.3, 0.4) is 0 Å². The van der Waals surface area contributed by atoms with Gasteiger partial charge in [-0.25, -0.2) is 8.42 Å². The quantitative estimate of drug-likeness (QED) is 0.578. The van der Waals surface area contributed by atoms with Crippen molar-refractivity contribution in [3.8, 4) is 0 Å². The molecular formula is C22H27ClN2O4S. The molecule has 1 unspecified atom stereocenters. The molecule has 0 saturated heterocycles. The number of hydrogen-bond donors (Lipinski definition) is 2. The van der Waals surface area contributed by atoms with E-state index in [1.165, 1.54) is 4.31 Å². The Morgan fingerprint density at radius 3 is 2.57 bits per heavy atom. The fourth-order valence-electron chi connectivity index (χ4n) is 3.80. The summed E-state index contributed by atoms with van der Waals surface area (Å²) in [5, 5.41) is 12.8. The van der Waals surface area contributed by atoms with Crippen LogP contribution in [0.15, 0.2) is 41.3 Å². The first-order valence-electron chi connectivity index (χ1n) is 10.1. The van der Waals surface area contributed by atoms with Gasteiger partial charge in [-0.15, -0.1) is 0 Å². The largest absolute Gasteiger partial charge is 0.481 e. The van der Waals surface area contributed by atoms with Crippen molar-refractivity contribution in [2.75, 3.05) is 17.9 Å².